The molecule has 0 saturated carbocycles. The van der Waals surface area contributed by atoms with Gasteiger partial charge in [0.15, 0.2) is 0 Å². The molecule has 0 spiro atoms. The molecule has 0 aliphatic carbocycles. The Bertz CT molecular complexity index is 112. The van der Waals surface area contributed by atoms with E-state index in [0.29, 0.717) is 0 Å². The van der Waals surface area contributed by atoms with Gasteiger partial charge in [-0.25, -0.2) is 0 Å². The fourth-order valence-electron chi connectivity index (χ4n) is 0.696. The van der Waals surface area contributed by atoms with Gasteiger partial charge in [-0.3, -0.25) is 0 Å². The molecule has 1 saturated heterocycles. The average Bonchev–Trinajstić information content (AvgIpc) is 1.96. The van der Waals surface area contributed by atoms with Gasteiger partial charge in [0.2, 0.25) is 0 Å². The van der Waals surface area contributed by atoms with Crippen molar-refractivity contribution in [3.05, 3.63) is 0 Å². The van der Waals surface area contributed by atoms with E-state index in [0.717, 1.165) is 19.6 Å². The average molecular weight is 183 g/mol. The Labute approximate surface area is 67.6 Å². The van der Waals surface area contributed by atoms with Crippen molar-refractivity contribution < 1.29 is 9.05 Å². The van der Waals surface area contributed by atoms with Crippen LogP contribution in [0, 0.1) is 5.41 Å². The zero-order valence-electron chi connectivity index (χ0n) is 6.26. The van der Waals surface area contributed by atoms with Gasteiger partial charge in [-0.2, -0.15) is 0 Å². The highest BCUT2D eigenvalue weighted by atomic mass is 35.7. The lowest BCUT2D eigenvalue weighted by Gasteiger charge is -2.33. The second-order valence-corrected chi connectivity index (χ2v) is 4.69. The molecule has 0 amide bonds. The fourth-order valence-corrected chi connectivity index (χ4v) is 1.89. The molecular formula is C6H12ClO2P. The van der Waals surface area contributed by atoms with Crippen LogP contribution >= 0.6 is 19.0 Å². The summed E-state index contributed by atoms with van der Waals surface area (Å²) in [7, 11) is -1.08. The van der Waals surface area contributed by atoms with E-state index in [4.69, 9.17) is 20.3 Å². The highest BCUT2D eigenvalue weighted by molar-refractivity contribution is 7.76. The maximum absolute atomic E-state index is 5.62. The van der Waals surface area contributed by atoms with E-state index in [1.165, 1.54) is 0 Å². The Balaban J connectivity index is 2.38. The van der Waals surface area contributed by atoms with Crippen molar-refractivity contribution in [2.24, 2.45) is 5.41 Å². The van der Waals surface area contributed by atoms with Crippen molar-refractivity contribution >= 4 is 19.0 Å². The second kappa shape index (κ2) is 3.36. The summed E-state index contributed by atoms with van der Waals surface area (Å²) in [6.07, 6.45) is 1.08. The van der Waals surface area contributed by atoms with Crippen LogP contribution in [0.15, 0.2) is 0 Å². The van der Waals surface area contributed by atoms with Gasteiger partial charge in [-0.15, -0.1) is 0 Å². The van der Waals surface area contributed by atoms with E-state index in [1.54, 1.807) is 0 Å². The lowest BCUT2D eigenvalue weighted by Crippen LogP contribution is -2.29. The minimum Gasteiger partial charge on any atom is -0.322 e. The molecule has 0 aromatic heterocycles. The van der Waals surface area contributed by atoms with E-state index in [1.807, 2.05) is 0 Å². The molecule has 1 aliphatic heterocycles. The first-order valence-electron chi connectivity index (χ1n) is 3.38. The molecule has 1 fully saturated rings. The molecule has 0 radical (unpaired) electrons. The lowest BCUT2D eigenvalue weighted by molar-refractivity contribution is 0.0509. The minimum absolute atomic E-state index is 0.188. The molecule has 10 heavy (non-hydrogen) atoms. The number of rotatable bonds is 1. The molecule has 4 heteroatoms. The molecule has 0 atom stereocenters. The molecule has 0 bridgehead atoms. The fraction of sp³-hybridized carbons (Fsp3) is 1.00. The third-order valence-electron chi connectivity index (χ3n) is 1.88. The largest absolute Gasteiger partial charge is 0.322 e. The molecule has 1 heterocycles. The van der Waals surface area contributed by atoms with Crippen molar-refractivity contribution in [1.82, 2.24) is 0 Å². The summed E-state index contributed by atoms with van der Waals surface area (Å²) in [4.78, 5) is 0. The predicted octanol–water partition coefficient (Wildman–Crippen LogP) is 2.92. The number of halogens is 1. The van der Waals surface area contributed by atoms with Crippen molar-refractivity contribution in [2.45, 2.75) is 20.3 Å². The highest BCUT2D eigenvalue weighted by Crippen LogP contribution is 2.50. The molecule has 0 aromatic carbocycles. The minimum atomic E-state index is -1.08. The standard InChI is InChI=1S/C6H12ClO2P/c1-3-6(2)4-8-10(7)9-5-6/h3-5H2,1-2H3. The molecule has 1 aliphatic rings. The monoisotopic (exact) mass is 182 g/mol. The second-order valence-electron chi connectivity index (χ2n) is 2.92. The van der Waals surface area contributed by atoms with E-state index in [-0.39, 0.29) is 5.41 Å². The van der Waals surface area contributed by atoms with E-state index >= 15 is 0 Å². The summed E-state index contributed by atoms with van der Waals surface area (Å²) in [6.45, 7) is 5.75. The molecule has 1 rings (SSSR count). The van der Waals surface area contributed by atoms with Gasteiger partial charge in [0.1, 0.15) is 0 Å². The first-order chi connectivity index (χ1) is 4.66. The molecule has 0 unspecified atom stereocenters. The highest BCUT2D eigenvalue weighted by Gasteiger charge is 2.30. The van der Waals surface area contributed by atoms with Gasteiger partial charge >= 0.3 is 0 Å². The smallest absolute Gasteiger partial charge is 0.276 e. The molecule has 2 nitrogen and oxygen atoms in total. The van der Waals surface area contributed by atoms with Crippen LogP contribution in [-0.4, -0.2) is 13.2 Å². The van der Waals surface area contributed by atoms with Crippen molar-refractivity contribution in [3.8, 4) is 0 Å². The van der Waals surface area contributed by atoms with Crippen LogP contribution in [0.25, 0.3) is 0 Å². The van der Waals surface area contributed by atoms with Gasteiger partial charge in [-0.05, 0) is 17.7 Å². The van der Waals surface area contributed by atoms with Crippen LogP contribution in [-0.2, 0) is 9.05 Å². The van der Waals surface area contributed by atoms with Crippen LogP contribution in [0.4, 0.5) is 0 Å². The number of hydrogen-bond donors (Lipinski definition) is 0. The van der Waals surface area contributed by atoms with E-state index < -0.39 is 7.73 Å². The lowest BCUT2D eigenvalue weighted by atomic mass is 9.90. The van der Waals surface area contributed by atoms with Gasteiger partial charge < -0.3 is 9.05 Å². The quantitative estimate of drug-likeness (QED) is 0.581. The Hall–Kier alpha value is 0.640. The molecule has 60 valence electrons. The Morgan fingerprint density at radius 2 is 2.00 bits per heavy atom. The first kappa shape index (κ1) is 8.73. The van der Waals surface area contributed by atoms with Crippen molar-refractivity contribution in [1.29, 1.82) is 0 Å². The summed E-state index contributed by atoms with van der Waals surface area (Å²) < 4.78 is 10.4. The predicted molar refractivity (Wildman–Crippen MR) is 43.1 cm³/mol. The van der Waals surface area contributed by atoms with Crippen LogP contribution in [0.2, 0.25) is 0 Å². The Kier molecular flexibility index (Phi) is 2.93. The van der Waals surface area contributed by atoms with Gasteiger partial charge in [0, 0.05) is 5.41 Å². The topological polar surface area (TPSA) is 18.5 Å². The summed E-state index contributed by atoms with van der Waals surface area (Å²) >= 11 is 5.62. The normalized spacial score (nSPS) is 41.7. The van der Waals surface area contributed by atoms with Gasteiger partial charge in [-0.1, -0.05) is 13.8 Å². The molecule has 0 N–H and O–H groups in total. The third-order valence-corrected chi connectivity index (χ3v) is 3.13. The van der Waals surface area contributed by atoms with Crippen LogP contribution in [0.1, 0.15) is 20.3 Å². The van der Waals surface area contributed by atoms with Crippen molar-refractivity contribution in [2.75, 3.05) is 13.2 Å². The molecule has 0 aromatic rings. The third kappa shape index (κ3) is 2.06. The SMILES string of the molecule is CCC1(C)COP(Cl)OC1. The van der Waals surface area contributed by atoms with Crippen LogP contribution in [0.5, 0.6) is 0 Å². The molecular weight excluding hydrogens is 170 g/mol. The van der Waals surface area contributed by atoms with E-state index in [2.05, 4.69) is 13.8 Å². The summed E-state index contributed by atoms with van der Waals surface area (Å²) in [5.74, 6) is 0. The Morgan fingerprint density at radius 3 is 2.40 bits per heavy atom. The summed E-state index contributed by atoms with van der Waals surface area (Å²) in [6, 6.07) is 0. The van der Waals surface area contributed by atoms with Crippen molar-refractivity contribution in [3.63, 3.8) is 0 Å². The Morgan fingerprint density at radius 1 is 1.50 bits per heavy atom. The van der Waals surface area contributed by atoms with Gasteiger partial charge in [0.25, 0.3) is 7.73 Å². The first-order valence-corrected chi connectivity index (χ1v) is 5.46. The maximum Gasteiger partial charge on any atom is 0.276 e. The van der Waals surface area contributed by atoms with Crippen LogP contribution in [0.3, 0.4) is 0 Å². The number of hydrogen-bond acceptors (Lipinski definition) is 2. The summed E-state index contributed by atoms with van der Waals surface area (Å²) in [5, 5.41) is 0. The van der Waals surface area contributed by atoms with Gasteiger partial charge in [0.05, 0.1) is 13.2 Å². The summed E-state index contributed by atoms with van der Waals surface area (Å²) in [5.41, 5.74) is 0.188. The zero-order valence-corrected chi connectivity index (χ0v) is 7.91. The van der Waals surface area contributed by atoms with Crippen LogP contribution < -0.4 is 0 Å². The maximum atomic E-state index is 5.62. The zero-order chi connectivity index (χ0) is 7.61. The van der Waals surface area contributed by atoms with E-state index in [9.17, 15) is 0 Å².